The van der Waals surface area contributed by atoms with Crippen molar-refractivity contribution in [3.05, 3.63) is 77.5 Å². The second-order valence-corrected chi connectivity index (χ2v) is 6.58. The molecule has 0 aliphatic carbocycles. The van der Waals surface area contributed by atoms with E-state index in [9.17, 15) is 14.4 Å². The summed E-state index contributed by atoms with van der Waals surface area (Å²) in [5.74, 6) is -0.996. The Morgan fingerprint density at radius 2 is 1.81 bits per heavy atom. The molecule has 2 aliphatic heterocycles. The van der Waals surface area contributed by atoms with Crippen LogP contribution in [0.4, 0.5) is 0 Å². The summed E-state index contributed by atoms with van der Waals surface area (Å²) >= 11 is 0. The highest BCUT2D eigenvalue weighted by atomic mass is 16.5. The third-order valence-electron chi connectivity index (χ3n) is 4.78. The molecule has 0 saturated carbocycles. The molecular formula is C21H18N2O4. The number of nitrogens with one attached hydrogen (secondary N) is 1. The number of carbonyl (C=O) groups excluding carboxylic acids is 3. The minimum Gasteiger partial charge on any atom is -0.488 e. The zero-order valence-electron chi connectivity index (χ0n) is 14.6. The van der Waals surface area contributed by atoms with Crippen LogP contribution in [0, 0.1) is 0 Å². The highest BCUT2D eigenvalue weighted by Gasteiger charge is 2.45. The van der Waals surface area contributed by atoms with Crippen molar-refractivity contribution in [2.24, 2.45) is 0 Å². The molecule has 3 amide bonds. The molecule has 6 nitrogen and oxygen atoms in total. The number of imide groups is 1. The van der Waals surface area contributed by atoms with E-state index in [0.29, 0.717) is 24.3 Å². The van der Waals surface area contributed by atoms with Crippen LogP contribution in [0.2, 0.25) is 0 Å². The Kier molecular flexibility index (Phi) is 4.24. The second kappa shape index (κ2) is 6.72. The van der Waals surface area contributed by atoms with Gasteiger partial charge in [0, 0.05) is 5.70 Å². The number of carbonyl (C=O) groups is 3. The number of nitrogens with zero attached hydrogens (tertiary/aromatic N) is 1. The van der Waals surface area contributed by atoms with Crippen LogP contribution in [0.15, 0.2) is 60.8 Å². The van der Waals surface area contributed by atoms with Gasteiger partial charge < -0.3 is 10.1 Å². The van der Waals surface area contributed by atoms with Crippen LogP contribution in [0.25, 0.3) is 0 Å². The van der Waals surface area contributed by atoms with Gasteiger partial charge in [-0.2, -0.15) is 0 Å². The Balaban J connectivity index is 1.61. The molecule has 2 aromatic rings. The Bertz CT molecular complexity index is 952. The summed E-state index contributed by atoms with van der Waals surface area (Å²) in [5, 5.41) is 2.62. The van der Waals surface area contributed by atoms with Gasteiger partial charge in [0.1, 0.15) is 18.4 Å². The molecule has 1 atom stereocenters. The molecule has 6 heteroatoms. The van der Waals surface area contributed by atoms with E-state index in [0.717, 1.165) is 10.5 Å². The molecule has 27 heavy (non-hydrogen) atoms. The molecule has 1 unspecified atom stereocenters. The van der Waals surface area contributed by atoms with E-state index in [4.69, 9.17) is 4.74 Å². The standard InChI is InChI=1S/C21H18N2O4/c1-13-10-11-16(19(24)22-13)23-20(25)15-8-5-9-17(18(15)21(23)26)27-12-14-6-3-2-4-7-14/h2-9,16H,1,10-12H2,(H,22,24). The summed E-state index contributed by atoms with van der Waals surface area (Å²) in [7, 11) is 0. The Morgan fingerprint density at radius 1 is 1.04 bits per heavy atom. The highest BCUT2D eigenvalue weighted by molar-refractivity contribution is 6.24. The van der Waals surface area contributed by atoms with Crippen LogP contribution in [0.3, 0.4) is 0 Å². The van der Waals surface area contributed by atoms with E-state index >= 15 is 0 Å². The molecule has 0 bridgehead atoms. The lowest BCUT2D eigenvalue weighted by Crippen LogP contribution is -2.51. The first kappa shape index (κ1) is 17.0. The van der Waals surface area contributed by atoms with Crippen LogP contribution in [0.5, 0.6) is 5.75 Å². The van der Waals surface area contributed by atoms with E-state index in [1.807, 2.05) is 30.3 Å². The van der Waals surface area contributed by atoms with Gasteiger partial charge in [-0.3, -0.25) is 19.3 Å². The van der Waals surface area contributed by atoms with Gasteiger partial charge in [-0.25, -0.2) is 0 Å². The van der Waals surface area contributed by atoms with Gasteiger partial charge in [0.05, 0.1) is 11.1 Å². The Morgan fingerprint density at radius 3 is 2.56 bits per heavy atom. The van der Waals surface area contributed by atoms with Crippen molar-refractivity contribution < 1.29 is 19.1 Å². The monoisotopic (exact) mass is 362 g/mol. The van der Waals surface area contributed by atoms with E-state index in [2.05, 4.69) is 11.9 Å². The number of hydrogen-bond donors (Lipinski definition) is 1. The van der Waals surface area contributed by atoms with Gasteiger partial charge >= 0.3 is 0 Å². The van der Waals surface area contributed by atoms with Gasteiger partial charge in [-0.1, -0.05) is 43.0 Å². The lowest BCUT2D eigenvalue weighted by atomic mass is 10.0. The molecule has 2 heterocycles. The van der Waals surface area contributed by atoms with E-state index in [1.54, 1.807) is 18.2 Å². The van der Waals surface area contributed by atoms with E-state index < -0.39 is 17.9 Å². The average molecular weight is 362 g/mol. The number of ether oxygens (including phenoxy) is 1. The maximum atomic E-state index is 13.0. The Hall–Kier alpha value is -3.41. The smallest absolute Gasteiger partial charge is 0.266 e. The zero-order valence-corrected chi connectivity index (χ0v) is 14.6. The van der Waals surface area contributed by atoms with Gasteiger partial charge in [0.15, 0.2) is 0 Å². The van der Waals surface area contributed by atoms with Crippen molar-refractivity contribution in [1.82, 2.24) is 10.2 Å². The quantitative estimate of drug-likeness (QED) is 0.849. The summed E-state index contributed by atoms with van der Waals surface area (Å²) in [6.45, 7) is 4.01. The number of fused-ring (bicyclic) bond motifs is 1. The van der Waals surface area contributed by atoms with E-state index in [1.165, 1.54) is 0 Å². The fourth-order valence-electron chi connectivity index (χ4n) is 3.42. The second-order valence-electron chi connectivity index (χ2n) is 6.58. The minimum absolute atomic E-state index is 0.218. The fourth-order valence-corrected chi connectivity index (χ4v) is 3.42. The third-order valence-corrected chi connectivity index (χ3v) is 4.78. The molecule has 4 rings (SSSR count). The predicted molar refractivity (Wildman–Crippen MR) is 98.0 cm³/mol. The van der Waals surface area contributed by atoms with Crippen molar-refractivity contribution >= 4 is 17.7 Å². The zero-order chi connectivity index (χ0) is 19.0. The van der Waals surface area contributed by atoms with Crippen molar-refractivity contribution in [3.63, 3.8) is 0 Å². The van der Waals surface area contributed by atoms with Crippen molar-refractivity contribution in [1.29, 1.82) is 0 Å². The maximum Gasteiger partial charge on any atom is 0.266 e. The first-order chi connectivity index (χ1) is 13.1. The van der Waals surface area contributed by atoms with E-state index in [-0.39, 0.29) is 23.6 Å². The summed E-state index contributed by atoms with van der Waals surface area (Å²) in [4.78, 5) is 39.1. The highest BCUT2D eigenvalue weighted by Crippen LogP contribution is 2.34. The molecule has 1 N–H and O–H groups in total. The summed E-state index contributed by atoms with van der Waals surface area (Å²) < 4.78 is 5.82. The normalized spacial score (nSPS) is 19.1. The van der Waals surface area contributed by atoms with Gasteiger partial charge in [0.2, 0.25) is 5.91 Å². The number of hydrogen-bond acceptors (Lipinski definition) is 4. The topological polar surface area (TPSA) is 75.7 Å². The van der Waals surface area contributed by atoms with Gasteiger partial charge in [-0.05, 0) is 30.5 Å². The number of amides is 3. The number of benzene rings is 2. The fraction of sp³-hybridized carbons (Fsp3) is 0.190. The molecule has 0 spiro atoms. The third kappa shape index (κ3) is 2.99. The molecule has 0 radical (unpaired) electrons. The molecular weight excluding hydrogens is 344 g/mol. The predicted octanol–water partition coefficient (Wildman–Crippen LogP) is 2.65. The van der Waals surface area contributed by atoms with Gasteiger partial charge in [0.25, 0.3) is 11.8 Å². The van der Waals surface area contributed by atoms with Crippen LogP contribution in [-0.4, -0.2) is 28.7 Å². The van der Waals surface area contributed by atoms with Crippen LogP contribution in [-0.2, 0) is 11.4 Å². The van der Waals surface area contributed by atoms with Crippen molar-refractivity contribution in [3.8, 4) is 5.75 Å². The summed E-state index contributed by atoms with van der Waals surface area (Å²) in [6, 6.07) is 13.7. The number of rotatable bonds is 4. The minimum atomic E-state index is -0.829. The van der Waals surface area contributed by atoms with Crippen molar-refractivity contribution in [2.75, 3.05) is 0 Å². The molecule has 2 aliphatic rings. The Labute approximate surface area is 156 Å². The lowest BCUT2D eigenvalue weighted by molar-refractivity contribution is -0.125. The SMILES string of the molecule is C=C1CCC(N2C(=O)c3cccc(OCc4ccccc4)c3C2=O)C(=O)N1. The molecule has 0 aromatic heterocycles. The summed E-state index contributed by atoms with van der Waals surface area (Å²) in [6.07, 6.45) is 0.900. The van der Waals surface area contributed by atoms with Crippen LogP contribution < -0.4 is 10.1 Å². The molecule has 2 aromatic carbocycles. The molecule has 136 valence electrons. The van der Waals surface area contributed by atoms with Crippen LogP contribution in [0.1, 0.15) is 39.1 Å². The maximum absolute atomic E-state index is 13.0. The van der Waals surface area contributed by atoms with Crippen LogP contribution >= 0.6 is 0 Å². The lowest BCUT2D eigenvalue weighted by Gasteiger charge is -2.29. The number of allylic oxidation sites excluding steroid dienone is 1. The first-order valence-electron chi connectivity index (χ1n) is 8.72. The van der Waals surface area contributed by atoms with Crippen molar-refractivity contribution in [2.45, 2.75) is 25.5 Å². The molecule has 1 fully saturated rings. The first-order valence-corrected chi connectivity index (χ1v) is 8.72. The number of piperidine rings is 1. The largest absolute Gasteiger partial charge is 0.488 e. The molecule has 1 saturated heterocycles. The van der Waals surface area contributed by atoms with Gasteiger partial charge in [-0.15, -0.1) is 0 Å². The average Bonchev–Trinajstić information content (AvgIpc) is 2.93. The summed E-state index contributed by atoms with van der Waals surface area (Å²) in [5.41, 5.74) is 2.03.